The molecule has 0 aromatic heterocycles. The van der Waals surface area contributed by atoms with Gasteiger partial charge >= 0.3 is 0 Å². The number of anilines is 2. The monoisotopic (exact) mass is 469 g/mol. The van der Waals surface area contributed by atoms with E-state index in [0.29, 0.717) is 30.8 Å². The zero-order valence-electron chi connectivity index (χ0n) is 20.3. The predicted octanol–water partition coefficient (Wildman–Crippen LogP) is 4.57. The molecule has 0 unspecified atom stereocenters. The summed E-state index contributed by atoms with van der Waals surface area (Å²) in [6, 6.07) is 25.3. The number of para-hydroxylation sites is 2. The molecule has 6 heteroatoms. The molecule has 2 aliphatic heterocycles. The highest BCUT2D eigenvalue weighted by molar-refractivity contribution is 6.08. The smallest absolute Gasteiger partial charge is 0.258 e. The Balaban J connectivity index is 1.35. The summed E-state index contributed by atoms with van der Waals surface area (Å²) in [7, 11) is 1.61. The number of fused-ring (bicyclic) bond motifs is 1. The van der Waals surface area contributed by atoms with Gasteiger partial charge < -0.3 is 19.4 Å². The Morgan fingerprint density at radius 3 is 2.17 bits per heavy atom. The zero-order valence-corrected chi connectivity index (χ0v) is 20.3. The van der Waals surface area contributed by atoms with Crippen LogP contribution in [0.3, 0.4) is 0 Å². The van der Waals surface area contributed by atoms with E-state index in [-0.39, 0.29) is 23.8 Å². The number of hydrogen-bond donors (Lipinski definition) is 0. The number of rotatable bonds is 4. The molecule has 3 aromatic carbocycles. The molecule has 2 atom stereocenters. The molecule has 0 aliphatic carbocycles. The molecule has 0 spiro atoms. The highest BCUT2D eigenvalue weighted by Gasteiger charge is 2.39. The molecule has 0 saturated carbocycles. The Labute approximate surface area is 206 Å². The average Bonchev–Trinajstić information content (AvgIpc) is 2.92. The summed E-state index contributed by atoms with van der Waals surface area (Å²) in [4.78, 5) is 33.4. The summed E-state index contributed by atoms with van der Waals surface area (Å²) >= 11 is 0. The second-order valence-electron chi connectivity index (χ2n) is 9.25. The molecule has 0 radical (unpaired) electrons. The van der Waals surface area contributed by atoms with Gasteiger partial charge in [0.05, 0.1) is 13.0 Å². The lowest BCUT2D eigenvalue weighted by atomic mass is 9.84. The standard InChI is InChI=1S/C29H31N3O3/c1-21-20-26(29(34)31-18-16-30(17-19-31)23-8-4-3-5-9-23)25-10-6-7-11-27(25)32(21)28(33)22-12-14-24(35-2)15-13-22/h3-15,21,26H,16-20H2,1-2H3/t21-,26-/m1/s1. The number of nitrogens with zero attached hydrogens (tertiary/aromatic N) is 3. The topological polar surface area (TPSA) is 53.1 Å². The van der Waals surface area contributed by atoms with E-state index in [2.05, 4.69) is 17.0 Å². The maximum atomic E-state index is 13.7. The van der Waals surface area contributed by atoms with Gasteiger partial charge in [0, 0.05) is 49.2 Å². The largest absolute Gasteiger partial charge is 0.497 e. The van der Waals surface area contributed by atoms with Crippen molar-refractivity contribution in [3.8, 4) is 5.75 Å². The molecular weight excluding hydrogens is 438 g/mol. The summed E-state index contributed by atoms with van der Waals surface area (Å²) < 4.78 is 5.23. The Hall–Kier alpha value is -3.80. The van der Waals surface area contributed by atoms with Gasteiger partial charge in [-0.3, -0.25) is 9.59 Å². The molecule has 2 aliphatic rings. The van der Waals surface area contributed by atoms with Crippen molar-refractivity contribution < 1.29 is 14.3 Å². The van der Waals surface area contributed by atoms with Crippen molar-refractivity contribution in [3.05, 3.63) is 90.0 Å². The molecular formula is C29H31N3O3. The molecule has 1 saturated heterocycles. The number of ether oxygens (including phenoxy) is 1. The second kappa shape index (κ2) is 9.82. The Morgan fingerprint density at radius 2 is 1.49 bits per heavy atom. The third-order valence-corrected chi connectivity index (χ3v) is 7.16. The van der Waals surface area contributed by atoms with Crippen molar-refractivity contribution in [2.45, 2.75) is 25.3 Å². The van der Waals surface area contributed by atoms with E-state index in [1.54, 1.807) is 31.4 Å². The predicted molar refractivity (Wildman–Crippen MR) is 138 cm³/mol. The van der Waals surface area contributed by atoms with Crippen LogP contribution in [0.4, 0.5) is 11.4 Å². The van der Waals surface area contributed by atoms with Crippen LogP contribution in [0.5, 0.6) is 5.75 Å². The summed E-state index contributed by atoms with van der Waals surface area (Å²) in [5.41, 5.74) is 3.56. The third-order valence-electron chi connectivity index (χ3n) is 7.16. The van der Waals surface area contributed by atoms with Gasteiger partial charge in [-0.15, -0.1) is 0 Å². The van der Waals surface area contributed by atoms with Gasteiger partial charge in [0.25, 0.3) is 5.91 Å². The van der Waals surface area contributed by atoms with Crippen LogP contribution in [0, 0.1) is 0 Å². The van der Waals surface area contributed by atoms with Crippen LogP contribution in [-0.4, -0.2) is 56.0 Å². The zero-order chi connectivity index (χ0) is 24.4. The lowest BCUT2D eigenvalue weighted by Crippen LogP contribution is -2.52. The summed E-state index contributed by atoms with van der Waals surface area (Å²) in [5, 5.41) is 0. The number of hydrogen-bond acceptors (Lipinski definition) is 4. The molecule has 1 fully saturated rings. The van der Waals surface area contributed by atoms with Crippen molar-refractivity contribution in [3.63, 3.8) is 0 Å². The van der Waals surface area contributed by atoms with E-state index < -0.39 is 0 Å². The average molecular weight is 470 g/mol. The van der Waals surface area contributed by atoms with Crippen LogP contribution in [0.2, 0.25) is 0 Å². The lowest BCUT2D eigenvalue weighted by Gasteiger charge is -2.42. The van der Waals surface area contributed by atoms with Crippen LogP contribution < -0.4 is 14.5 Å². The van der Waals surface area contributed by atoms with Crippen LogP contribution in [-0.2, 0) is 4.79 Å². The minimum absolute atomic E-state index is 0.0602. The van der Waals surface area contributed by atoms with Crippen molar-refractivity contribution in [1.82, 2.24) is 4.90 Å². The Morgan fingerprint density at radius 1 is 0.829 bits per heavy atom. The van der Waals surface area contributed by atoms with E-state index in [0.717, 1.165) is 24.3 Å². The van der Waals surface area contributed by atoms with Gasteiger partial charge in [-0.2, -0.15) is 0 Å². The van der Waals surface area contributed by atoms with E-state index >= 15 is 0 Å². The first-order valence-corrected chi connectivity index (χ1v) is 12.2. The second-order valence-corrected chi connectivity index (χ2v) is 9.25. The Kier molecular flexibility index (Phi) is 6.45. The molecule has 2 amide bonds. The van der Waals surface area contributed by atoms with Crippen molar-refractivity contribution in [2.75, 3.05) is 43.1 Å². The minimum atomic E-state index is -0.246. The highest BCUT2D eigenvalue weighted by Crippen LogP contribution is 2.40. The molecule has 0 bridgehead atoms. The number of amides is 2. The van der Waals surface area contributed by atoms with Crippen LogP contribution in [0.15, 0.2) is 78.9 Å². The van der Waals surface area contributed by atoms with Crippen LogP contribution in [0.1, 0.15) is 35.2 Å². The summed E-state index contributed by atoms with van der Waals surface area (Å²) in [6.45, 7) is 5.08. The molecule has 2 heterocycles. The maximum absolute atomic E-state index is 13.7. The number of methoxy groups -OCH3 is 1. The minimum Gasteiger partial charge on any atom is -0.497 e. The van der Waals surface area contributed by atoms with Gasteiger partial charge in [-0.05, 0) is 61.4 Å². The van der Waals surface area contributed by atoms with Crippen LogP contribution in [0.25, 0.3) is 0 Å². The molecule has 0 N–H and O–H groups in total. The lowest BCUT2D eigenvalue weighted by molar-refractivity contribution is -0.133. The molecule has 180 valence electrons. The molecule has 3 aromatic rings. The molecule has 5 rings (SSSR count). The van der Waals surface area contributed by atoms with Gasteiger partial charge in [-0.25, -0.2) is 0 Å². The van der Waals surface area contributed by atoms with E-state index in [9.17, 15) is 9.59 Å². The van der Waals surface area contributed by atoms with E-state index in [4.69, 9.17) is 4.74 Å². The van der Waals surface area contributed by atoms with Crippen LogP contribution >= 0.6 is 0 Å². The number of benzene rings is 3. The number of piperazine rings is 1. The summed E-state index contributed by atoms with van der Waals surface area (Å²) in [6.07, 6.45) is 0.608. The van der Waals surface area contributed by atoms with E-state index in [1.807, 2.05) is 59.2 Å². The first-order valence-electron chi connectivity index (χ1n) is 12.2. The van der Waals surface area contributed by atoms with Crippen molar-refractivity contribution in [1.29, 1.82) is 0 Å². The fourth-order valence-corrected chi connectivity index (χ4v) is 5.27. The number of carbonyl (C=O) groups is 2. The van der Waals surface area contributed by atoms with Crippen molar-refractivity contribution in [2.24, 2.45) is 0 Å². The summed E-state index contributed by atoms with van der Waals surface area (Å²) in [5.74, 6) is 0.569. The van der Waals surface area contributed by atoms with Gasteiger partial charge in [0.2, 0.25) is 5.91 Å². The fourth-order valence-electron chi connectivity index (χ4n) is 5.27. The molecule has 6 nitrogen and oxygen atoms in total. The van der Waals surface area contributed by atoms with Gasteiger partial charge in [-0.1, -0.05) is 36.4 Å². The maximum Gasteiger partial charge on any atom is 0.258 e. The van der Waals surface area contributed by atoms with Crippen molar-refractivity contribution >= 4 is 23.2 Å². The SMILES string of the molecule is COc1ccc(C(=O)N2c3ccccc3[C@H](C(=O)N3CCN(c4ccccc4)CC3)C[C@H]2C)cc1. The Bertz CT molecular complexity index is 1190. The third kappa shape index (κ3) is 4.48. The highest BCUT2D eigenvalue weighted by atomic mass is 16.5. The van der Waals surface area contributed by atoms with Gasteiger partial charge in [0.15, 0.2) is 0 Å². The normalized spacial score (nSPS) is 19.8. The number of carbonyl (C=O) groups excluding carboxylic acids is 2. The first kappa shape index (κ1) is 23.0. The fraction of sp³-hybridized carbons (Fsp3) is 0.310. The van der Waals surface area contributed by atoms with Gasteiger partial charge in [0.1, 0.15) is 5.75 Å². The first-order chi connectivity index (χ1) is 17.1. The quantitative estimate of drug-likeness (QED) is 0.562. The van der Waals surface area contributed by atoms with E-state index in [1.165, 1.54) is 5.69 Å². The molecule has 35 heavy (non-hydrogen) atoms.